The van der Waals surface area contributed by atoms with Gasteiger partial charge in [-0.1, -0.05) is 25.4 Å². The van der Waals surface area contributed by atoms with Crippen LogP contribution in [0, 0.1) is 10.7 Å². The highest BCUT2D eigenvalue weighted by atomic mass is 35.5. The molecule has 27 heavy (non-hydrogen) atoms. The summed E-state index contributed by atoms with van der Waals surface area (Å²) in [6.45, 7) is 4.41. The first-order chi connectivity index (χ1) is 12.8. The number of hydrogen-bond acceptors (Lipinski definition) is 4. The minimum absolute atomic E-state index is 0.220. The molecule has 0 saturated carbocycles. The fraction of sp³-hybridized carbons (Fsp3) is 0.444. The molecule has 1 aromatic heterocycles. The summed E-state index contributed by atoms with van der Waals surface area (Å²) in [7, 11) is 1.82. The zero-order valence-electron chi connectivity index (χ0n) is 15.6. The molecule has 0 bridgehead atoms. The number of carbonyl (C=O) groups excluding carboxylic acids is 2. The molecule has 1 aromatic carbocycles. The molecule has 1 heterocycles. The Kier molecular flexibility index (Phi) is 7.55. The smallest absolute Gasteiger partial charge is 0.251 e. The summed E-state index contributed by atoms with van der Waals surface area (Å²) in [5.74, 6) is 0.480. The summed E-state index contributed by atoms with van der Waals surface area (Å²) < 4.78 is 2.29. The normalized spacial score (nSPS) is 12.0. The molecular formula is C18H24ClN5O2S. The van der Waals surface area contributed by atoms with Crippen LogP contribution in [0.5, 0.6) is 0 Å². The number of nitrogens with zero attached hydrogens (tertiary/aromatic N) is 2. The molecule has 1 atom stereocenters. The third-order valence-electron chi connectivity index (χ3n) is 4.06. The summed E-state index contributed by atoms with van der Waals surface area (Å²) >= 11 is 10.9. The highest BCUT2D eigenvalue weighted by molar-refractivity contribution is 7.71. The monoisotopic (exact) mass is 409 g/mol. The van der Waals surface area contributed by atoms with Crippen LogP contribution in [0.25, 0.3) is 0 Å². The predicted octanol–water partition coefficient (Wildman–Crippen LogP) is 2.63. The predicted molar refractivity (Wildman–Crippen MR) is 107 cm³/mol. The topological polar surface area (TPSA) is 91.8 Å². The third-order valence-corrected chi connectivity index (χ3v) is 4.67. The van der Waals surface area contributed by atoms with Gasteiger partial charge in [0.2, 0.25) is 5.91 Å². The molecule has 2 aromatic rings. The molecule has 0 aliphatic carbocycles. The number of aromatic nitrogens is 3. The van der Waals surface area contributed by atoms with Gasteiger partial charge >= 0.3 is 0 Å². The first-order valence-corrected chi connectivity index (χ1v) is 9.51. The second-order valence-electron chi connectivity index (χ2n) is 6.71. The van der Waals surface area contributed by atoms with E-state index in [1.165, 1.54) is 0 Å². The number of amides is 2. The molecule has 0 radical (unpaired) electrons. The lowest BCUT2D eigenvalue weighted by Crippen LogP contribution is -2.47. The summed E-state index contributed by atoms with van der Waals surface area (Å²) in [6, 6.07) is 5.93. The molecule has 0 aliphatic heterocycles. The minimum atomic E-state index is -0.615. The van der Waals surface area contributed by atoms with Crippen LogP contribution in [-0.2, 0) is 18.3 Å². The number of aromatic amines is 1. The first-order valence-electron chi connectivity index (χ1n) is 8.72. The van der Waals surface area contributed by atoms with Gasteiger partial charge in [0.25, 0.3) is 5.91 Å². The highest BCUT2D eigenvalue weighted by Crippen LogP contribution is 2.11. The van der Waals surface area contributed by atoms with Gasteiger partial charge in [-0.15, -0.1) is 0 Å². The first kappa shape index (κ1) is 21.1. The SMILES string of the molecule is CC(C)CC(NC(=O)c1ccc(Cl)cc1)C(=O)NCCc1n[nH]c(=S)n1C. The minimum Gasteiger partial charge on any atom is -0.354 e. The van der Waals surface area contributed by atoms with Gasteiger partial charge in [0.15, 0.2) is 4.77 Å². The van der Waals surface area contributed by atoms with Gasteiger partial charge in [-0.05, 0) is 48.8 Å². The van der Waals surface area contributed by atoms with Crippen molar-refractivity contribution in [3.63, 3.8) is 0 Å². The van der Waals surface area contributed by atoms with Crippen LogP contribution in [0.2, 0.25) is 5.02 Å². The molecule has 146 valence electrons. The van der Waals surface area contributed by atoms with Gasteiger partial charge in [-0.25, -0.2) is 0 Å². The van der Waals surface area contributed by atoms with E-state index >= 15 is 0 Å². The largest absolute Gasteiger partial charge is 0.354 e. The van der Waals surface area contributed by atoms with E-state index in [1.54, 1.807) is 28.8 Å². The lowest BCUT2D eigenvalue weighted by molar-refractivity contribution is -0.123. The van der Waals surface area contributed by atoms with Crippen molar-refractivity contribution in [1.29, 1.82) is 0 Å². The Bertz CT molecular complexity index is 844. The van der Waals surface area contributed by atoms with E-state index in [0.717, 1.165) is 5.82 Å². The number of hydrogen-bond donors (Lipinski definition) is 3. The Morgan fingerprint density at radius 2 is 1.96 bits per heavy atom. The molecule has 0 saturated heterocycles. The summed E-state index contributed by atoms with van der Waals surface area (Å²) in [5.41, 5.74) is 0.461. The van der Waals surface area contributed by atoms with E-state index in [-0.39, 0.29) is 17.7 Å². The highest BCUT2D eigenvalue weighted by Gasteiger charge is 2.22. The van der Waals surface area contributed by atoms with Crippen LogP contribution in [0.15, 0.2) is 24.3 Å². The summed E-state index contributed by atoms with van der Waals surface area (Å²) in [4.78, 5) is 25.0. The lowest BCUT2D eigenvalue weighted by Gasteiger charge is -2.20. The second-order valence-corrected chi connectivity index (χ2v) is 7.53. The molecule has 7 nitrogen and oxygen atoms in total. The summed E-state index contributed by atoms with van der Waals surface area (Å²) in [5, 5.41) is 13.0. The maximum atomic E-state index is 12.6. The number of nitrogens with one attached hydrogen (secondary N) is 3. The van der Waals surface area contributed by atoms with Crippen LogP contribution in [0.4, 0.5) is 0 Å². The average molecular weight is 410 g/mol. The number of rotatable bonds is 8. The fourth-order valence-electron chi connectivity index (χ4n) is 2.57. The third kappa shape index (κ3) is 6.18. The van der Waals surface area contributed by atoms with Crippen LogP contribution in [0.1, 0.15) is 36.5 Å². The van der Waals surface area contributed by atoms with E-state index < -0.39 is 6.04 Å². The number of benzene rings is 1. The molecule has 9 heteroatoms. The Morgan fingerprint density at radius 1 is 1.30 bits per heavy atom. The Hall–Kier alpha value is -2.19. The van der Waals surface area contributed by atoms with Gasteiger partial charge in [0.05, 0.1) is 0 Å². The summed E-state index contributed by atoms with van der Waals surface area (Å²) in [6.07, 6.45) is 1.08. The van der Waals surface area contributed by atoms with Gasteiger partial charge in [-0.3, -0.25) is 14.7 Å². The Balaban J connectivity index is 1.96. The van der Waals surface area contributed by atoms with Gasteiger partial charge < -0.3 is 15.2 Å². The van der Waals surface area contributed by atoms with Crippen molar-refractivity contribution in [2.45, 2.75) is 32.7 Å². The van der Waals surface area contributed by atoms with Gasteiger partial charge in [0.1, 0.15) is 11.9 Å². The molecule has 0 spiro atoms. The van der Waals surface area contributed by atoms with Crippen molar-refractivity contribution in [1.82, 2.24) is 25.4 Å². The Labute approximate surface area is 168 Å². The van der Waals surface area contributed by atoms with Crippen molar-refractivity contribution in [3.05, 3.63) is 45.4 Å². The second kappa shape index (κ2) is 9.66. The zero-order chi connectivity index (χ0) is 20.0. The molecular weight excluding hydrogens is 386 g/mol. The maximum absolute atomic E-state index is 12.6. The molecule has 0 fully saturated rings. The number of halogens is 1. The average Bonchev–Trinajstić information content (AvgIpc) is 2.93. The molecule has 2 rings (SSSR count). The van der Waals surface area contributed by atoms with E-state index in [4.69, 9.17) is 23.8 Å². The van der Waals surface area contributed by atoms with Crippen molar-refractivity contribution in [2.75, 3.05) is 6.54 Å². The maximum Gasteiger partial charge on any atom is 0.251 e. The zero-order valence-corrected chi connectivity index (χ0v) is 17.2. The molecule has 3 N–H and O–H groups in total. The van der Waals surface area contributed by atoms with Crippen LogP contribution >= 0.6 is 23.8 Å². The van der Waals surface area contributed by atoms with Crippen LogP contribution in [-0.4, -0.2) is 39.2 Å². The van der Waals surface area contributed by atoms with Crippen molar-refractivity contribution in [2.24, 2.45) is 13.0 Å². The van der Waals surface area contributed by atoms with Gasteiger partial charge in [-0.2, -0.15) is 5.10 Å². The number of carbonyl (C=O) groups is 2. The quantitative estimate of drug-likeness (QED) is 0.584. The lowest BCUT2D eigenvalue weighted by atomic mass is 10.0. The van der Waals surface area contributed by atoms with E-state index in [9.17, 15) is 9.59 Å². The molecule has 2 amide bonds. The Morgan fingerprint density at radius 3 is 2.52 bits per heavy atom. The van der Waals surface area contributed by atoms with Crippen molar-refractivity contribution >= 4 is 35.6 Å². The molecule has 0 aliphatic rings. The van der Waals surface area contributed by atoms with E-state index in [0.29, 0.717) is 34.7 Å². The van der Waals surface area contributed by atoms with Gasteiger partial charge in [0, 0.05) is 30.6 Å². The van der Waals surface area contributed by atoms with Crippen LogP contribution < -0.4 is 10.6 Å². The van der Waals surface area contributed by atoms with Crippen molar-refractivity contribution < 1.29 is 9.59 Å². The standard InChI is InChI=1S/C18H24ClN5O2S/c1-11(2)10-14(21-16(25)12-4-6-13(19)7-5-12)17(26)20-9-8-15-22-23-18(27)24(15)3/h4-7,11,14H,8-10H2,1-3H3,(H,20,26)(H,21,25)(H,23,27). The number of H-pyrrole nitrogens is 1. The van der Waals surface area contributed by atoms with Crippen molar-refractivity contribution in [3.8, 4) is 0 Å². The fourth-order valence-corrected chi connectivity index (χ4v) is 2.85. The van der Waals surface area contributed by atoms with E-state index in [1.807, 2.05) is 20.9 Å². The van der Waals surface area contributed by atoms with E-state index in [2.05, 4.69) is 20.8 Å². The van der Waals surface area contributed by atoms with Crippen LogP contribution in [0.3, 0.4) is 0 Å². The molecule has 1 unspecified atom stereocenters.